The second kappa shape index (κ2) is 8.04. The lowest BCUT2D eigenvalue weighted by Gasteiger charge is -2.23. The Morgan fingerprint density at radius 2 is 2.03 bits per heavy atom. The van der Waals surface area contributed by atoms with Crippen molar-refractivity contribution in [2.75, 3.05) is 7.11 Å². The summed E-state index contributed by atoms with van der Waals surface area (Å²) >= 11 is 6.43. The van der Waals surface area contributed by atoms with Crippen molar-refractivity contribution in [3.05, 3.63) is 76.0 Å². The number of allylic oxidation sites excluding steroid dienone is 1. The summed E-state index contributed by atoms with van der Waals surface area (Å²) in [7, 11) is 1.51. The topological polar surface area (TPSA) is 84.2 Å². The number of fused-ring (bicyclic) bond motifs is 1. The molecule has 4 rings (SSSR count). The summed E-state index contributed by atoms with van der Waals surface area (Å²) in [5, 5.41) is 9.84. The Morgan fingerprint density at radius 3 is 2.77 bits per heavy atom. The number of carbonyl (C=O) groups excluding carboxylic acids is 1. The predicted molar refractivity (Wildman–Crippen MR) is 114 cm³/mol. The van der Waals surface area contributed by atoms with E-state index in [1.165, 1.54) is 18.2 Å². The molecule has 2 heterocycles. The molecular formula is C22H18ClN3O4. The van der Waals surface area contributed by atoms with E-state index >= 15 is 0 Å². The van der Waals surface area contributed by atoms with Gasteiger partial charge >= 0.3 is 0 Å². The highest BCUT2D eigenvalue weighted by Gasteiger charge is 2.34. The molecule has 7 nitrogen and oxygen atoms in total. The number of hydroxylamine groups is 2. The van der Waals surface area contributed by atoms with Crippen LogP contribution in [-0.2, 0) is 16.2 Å². The summed E-state index contributed by atoms with van der Waals surface area (Å²) in [4.78, 5) is 21.8. The lowest BCUT2D eigenvalue weighted by Crippen LogP contribution is -2.38. The zero-order valence-corrected chi connectivity index (χ0v) is 17.1. The number of nitrogens with one attached hydrogen (secondary N) is 1. The number of ether oxygens (including phenoxy) is 2. The van der Waals surface area contributed by atoms with Gasteiger partial charge in [-0.05, 0) is 36.3 Å². The number of hydrogen-bond donors (Lipinski definition) is 1. The largest absolute Gasteiger partial charge is 0.493 e. The monoisotopic (exact) mass is 423 g/mol. The van der Waals surface area contributed by atoms with Crippen LogP contribution < -0.4 is 9.47 Å². The standard InChI is InChI=1S/C22H18ClN3O4/c1-13-8-19-25-22(27)16(21(24)26(19)30-13)9-15-10-17(23)20(18(11-15)28-2)29-12-14-6-4-3-5-7-14/h3-11,24H,12H2,1-2H3/b16-9-,24-21?. The number of amides is 1. The van der Waals surface area contributed by atoms with Gasteiger partial charge in [0.1, 0.15) is 12.4 Å². The third-order valence-corrected chi connectivity index (χ3v) is 4.75. The number of methoxy groups -OCH3 is 1. The maximum Gasteiger partial charge on any atom is 0.282 e. The smallest absolute Gasteiger partial charge is 0.282 e. The molecule has 1 N–H and O–H groups in total. The average molecular weight is 424 g/mol. The summed E-state index contributed by atoms with van der Waals surface area (Å²) in [5.41, 5.74) is 1.64. The second-order valence-corrected chi connectivity index (χ2v) is 7.04. The van der Waals surface area contributed by atoms with Gasteiger partial charge in [-0.1, -0.05) is 41.9 Å². The van der Waals surface area contributed by atoms with Crippen LogP contribution in [0.4, 0.5) is 0 Å². The maximum absolute atomic E-state index is 12.4. The molecular weight excluding hydrogens is 406 g/mol. The first-order chi connectivity index (χ1) is 14.5. The van der Waals surface area contributed by atoms with Gasteiger partial charge in [-0.15, -0.1) is 5.06 Å². The molecule has 2 aromatic carbocycles. The van der Waals surface area contributed by atoms with E-state index in [1.807, 2.05) is 30.3 Å². The quantitative estimate of drug-likeness (QED) is 0.721. The molecule has 8 heteroatoms. The molecule has 0 radical (unpaired) electrons. The Hall–Kier alpha value is -3.58. The molecule has 0 aromatic heterocycles. The van der Waals surface area contributed by atoms with Gasteiger partial charge in [-0.25, -0.2) is 0 Å². The highest BCUT2D eigenvalue weighted by molar-refractivity contribution is 6.33. The normalized spacial score (nSPS) is 16.8. The van der Waals surface area contributed by atoms with Crippen LogP contribution in [0.1, 0.15) is 18.1 Å². The Labute approximate surface area is 178 Å². The van der Waals surface area contributed by atoms with E-state index in [1.54, 1.807) is 25.1 Å². The number of halogens is 1. The van der Waals surface area contributed by atoms with Crippen molar-refractivity contribution in [3.8, 4) is 11.5 Å². The highest BCUT2D eigenvalue weighted by Crippen LogP contribution is 2.38. The van der Waals surface area contributed by atoms with Crippen molar-refractivity contribution in [1.82, 2.24) is 5.06 Å². The Kier molecular flexibility index (Phi) is 5.29. The lowest BCUT2D eigenvalue weighted by molar-refractivity contribution is -0.114. The van der Waals surface area contributed by atoms with Gasteiger partial charge in [0.05, 0.1) is 17.7 Å². The molecule has 2 aromatic rings. The molecule has 2 aliphatic heterocycles. The number of carbonyl (C=O) groups is 1. The number of amidine groups is 2. The van der Waals surface area contributed by atoms with Crippen LogP contribution in [0.25, 0.3) is 6.08 Å². The highest BCUT2D eigenvalue weighted by atomic mass is 35.5. The first-order valence-electron chi connectivity index (χ1n) is 9.10. The van der Waals surface area contributed by atoms with Crippen molar-refractivity contribution in [2.45, 2.75) is 13.5 Å². The Balaban J connectivity index is 1.62. The number of rotatable bonds is 5. The first-order valence-corrected chi connectivity index (χ1v) is 9.48. The summed E-state index contributed by atoms with van der Waals surface area (Å²) in [6.45, 7) is 2.05. The second-order valence-electron chi connectivity index (χ2n) is 6.63. The van der Waals surface area contributed by atoms with Gasteiger partial charge in [0.25, 0.3) is 5.91 Å². The van der Waals surface area contributed by atoms with Gasteiger partial charge < -0.3 is 14.3 Å². The fraction of sp³-hybridized carbons (Fsp3) is 0.136. The van der Waals surface area contributed by atoms with E-state index in [4.69, 9.17) is 31.3 Å². The van der Waals surface area contributed by atoms with E-state index < -0.39 is 5.91 Å². The molecule has 152 valence electrons. The van der Waals surface area contributed by atoms with E-state index in [0.717, 1.165) is 5.56 Å². The van der Waals surface area contributed by atoms with Crippen LogP contribution in [0.3, 0.4) is 0 Å². The number of nitrogens with zero attached hydrogens (tertiary/aromatic N) is 2. The van der Waals surface area contributed by atoms with Crippen molar-refractivity contribution < 1.29 is 19.1 Å². The van der Waals surface area contributed by atoms with Crippen molar-refractivity contribution in [2.24, 2.45) is 4.99 Å². The lowest BCUT2D eigenvalue weighted by atomic mass is 10.1. The zero-order valence-electron chi connectivity index (χ0n) is 16.3. The molecule has 0 aliphatic carbocycles. The fourth-order valence-electron chi connectivity index (χ4n) is 3.06. The third kappa shape index (κ3) is 3.79. The minimum atomic E-state index is -0.528. The predicted octanol–water partition coefficient (Wildman–Crippen LogP) is 4.38. The van der Waals surface area contributed by atoms with Gasteiger partial charge in [0.15, 0.2) is 23.2 Å². The molecule has 0 atom stereocenters. The van der Waals surface area contributed by atoms with Gasteiger partial charge in [-0.2, -0.15) is 4.99 Å². The van der Waals surface area contributed by atoms with E-state index in [9.17, 15) is 4.79 Å². The summed E-state index contributed by atoms with van der Waals surface area (Å²) in [6.07, 6.45) is 3.12. The van der Waals surface area contributed by atoms with Crippen LogP contribution >= 0.6 is 11.6 Å². The number of aliphatic imine (C=N–C) groups is 1. The molecule has 0 saturated heterocycles. The molecule has 1 amide bonds. The summed E-state index contributed by atoms with van der Waals surface area (Å²) in [6, 6.07) is 13.0. The molecule has 0 fully saturated rings. The summed E-state index contributed by atoms with van der Waals surface area (Å²) in [5.74, 6) is 1.03. The SMILES string of the molecule is COc1cc(/C=C2/C(=N)N3OC(C)=CC3=NC2=O)cc(Cl)c1OCc1ccccc1. The van der Waals surface area contributed by atoms with E-state index in [-0.39, 0.29) is 11.4 Å². The van der Waals surface area contributed by atoms with E-state index in [2.05, 4.69) is 4.99 Å². The van der Waals surface area contributed by atoms with Crippen molar-refractivity contribution in [3.63, 3.8) is 0 Å². The van der Waals surface area contributed by atoms with Crippen LogP contribution in [0.5, 0.6) is 11.5 Å². The molecule has 0 saturated carbocycles. The van der Waals surface area contributed by atoms with Crippen LogP contribution in [0.2, 0.25) is 5.02 Å². The fourth-order valence-corrected chi connectivity index (χ4v) is 3.33. The Bertz CT molecular complexity index is 1120. The summed E-state index contributed by atoms with van der Waals surface area (Å²) < 4.78 is 11.3. The van der Waals surface area contributed by atoms with Gasteiger partial charge in [0.2, 0.25) is 0 Å². The molecule has 0 spiro atoms. The number of hydrogen-bond acceptors (Lipinski definition) is 5. The maximum atomic E-state index is 12.4. The Morgan fingerprint density at radius 1 is 1.27 bits per heavy atom. The molecule has 30 heavy (non-hydrogen) atoms. The number of benzene rings is 2. The van der Waals surface area contributed by atoms with E-state index in [0.29, 0.717) is 40.3 Å². The van der Waals surface area contributed by atoms with Crippen molar-refractivity contribution in [1.29, 1.82) is 5.41 Å². The third-order valence-electron chi connectivity index (χ3n) is 4.47. The average Bonchev–Trinajstić information content (AvgIpc) is 3.11. The van der Waals surface area contributed by atoms with Gasteiger partial charge in [-0.3, -0.25) is 10.2 Å². The molecule has 0 unspecified atom stereocenters. The van der Waals surface area contributed by atoms with Crippen LogP contribution in [-0.4, -0.2) is 29.8 Å². The van der Waals surface area contributed by atoms with Gasteiger partial charge in [0, 0.05) is 6.08 Å². The van der Waals surface area contributed by atoms with Crippen LogP contribution in [0.15, 0.2) is 64.9 Å². The molecule has 2 aliphatic rings. The van der Waals surface area contributed by atoms with Crippen molar-refractivity contribution >= 4 is 35.3 Å². The zero-order chi connectivity index (χ0) is 21.3. The first kappa shape index (κ1) is 19.7. The minimum absolute atomic E-state index is 0.0814. The minimum Gasteiger partial charge on any atom is -0.493 e. The van der Waals surface area contributed by atoms with Crippen LogP contribution in [0, 0.1) is 5.41 Å². The molecule has 0 bridgehead atoms.